The summed E-state index contributed by atoms with van der Waals surface area (Å²) in [7, 11) is -0.761. The molecule has 68 valence electrons. The highest BCUT2D eigenvalue weighted by Crippen LogP contribution is 2.16. The van der Waals surface area contributed by atoms with Crippen molar-refractivity contribution >= 4 is 21.4 Å². The SMILES string of the molecule is CON(C)S(=O)(=O)c1ccsc1. The maximum Gasteiger partial charge on any atom is 0.265 e. The molecule has 1 heterocycles. The lowest BCUT2D eigenvalue weighted by Gasteiger charge is -2.12. The Kier molecular flexibility index (Phi) is 2.84. The Bertz CT molecular complexity index is 330. The van der Waals surface area contributed by atoms with Gasteiger partial charge >= 0.3 is 0 Å². The lowest BCUT2D eigenvalue weighted by Crippen LogP contribution is -2.25. The molecule has 0 spiro atoms. The minimum absolute atomic E-state index is 0.261. The standard InChI is InChI=1S/C6H9NO3S2/c1-7(10-2)12(8,9)6-3-4-11-5-6/h3-5H,1-2H3. The molecule has 0 aromatic carbocycles. The fraction of sp³-hybridized carbons (Fsp3) is 0.333. The minimum atomic E-state index is -3.42. The molecule has 0 saturated heterocycles. The summed E-state index contributed by atoms with van der Waals surface area (Å²) in [5.41, 5.74) is 0. The fourth-order valence-electron chi connectivity index (χ4n) is 0.645. The van der Waals surface area contributed by atoms with E-state index in [1.807, 2.05) is 0 Å². The van der Waals surface area contributed by atoms with Crippen molar-refractivity contribution in [3.05, 3.63) is 16.8 Å². The monoisotopic (exact) mass is 207 g/mol. The number of nitrogens with zero attached hydrogens (tertiary/aromatic N) is 1. The van der Waals surface area contributed by atoms with Gasteiger partial charge in [-0.25, -0.2) is 8.42 Å². The van der Waals surface area contributed by atoms with Crippen LogP contribution in [0.5, 0.6) is 0 Å². The maximum absolute atomic E-state index is 11.4. The maximum atomic E-state index is 11.4. The first-order valence-electron chi connectivity index (χ1n) is 3.14. The smallest absolute Gasteiger partial charge is 0.265 e. The van der Waals surface area contributed by atoms with Crippen molar-refractivity contribution in [2.75, 3.05) is 14.2 Å². The largest absolute Gasteiger partial charge is 0.288 e. The first-order chi connectivity index (χ1) is 5.59. The van der Waals surface area contributed by atoms with Gasteiger partial charge in [-0.3, -0.25) is 4.84 Å². The van der Waals surface area contributed by atoms with E-state index in [2.05, 4.69) is 4.84 Å². The highest BCUT2D eigenvalue weighted by Gasteiger charge is 2.20. The predicted octanol–water partition coefficient (Wildman–Crippen LogP) is 0.930. The van der Waals surface area contributed by atoms with Crippen molar-refractivity contribution < 1.29 is 13.3 Å². The predicted molar refractivity (Wildman–Crippen MR) is 46.3 cm³/mol. The molecule has 0 bridgehead atoms. The zero-order valence-corrected chi connectivity index (χ0v) is 8.35. The molecule has 0 aliphatic carbocycles. The van der Waals surface area contributed by atoms with Crippen molar-refractivity contribution in [1.82, 2.24) is 4.47 Å². The van der Waals surface area contributed by atoms with E-state index in [1.165, 1.54) is 31.6 Å². The van der Waals surface area contributed by atoms with E-state index in [0.717, 1.165) is 4.47 Å². The lowest BCUT2D eigenvalue weighted by molar-refractivity contribution is -0.0258. The van der Waals surface area contributed by atoms with Crippen molar-refractivity contribution in [2.24, 2.45) is 0 Å². The number of hydrogen-bond acceptors (Lipinski definition) is 4. The van der Waals surface area contributed by atoms with Crippen LogP contribution < -0.4 is 0 Å². The van der Waals surface area contributed by atoms with Gasteiger partial charge in [0.15, 0.2) is 0 Å². The third-order valence-corrected chi connectivity index (χ3v) is 3.90. The molecular formula is C6H9NO3S2. The molecule has 1 rings (SSSR count). The Labute approximate surface area is 75.4 Å². The van der Waals surface area contributed by atoms with Crippen molar-refractivity contribution in [2.45, 2.75) is 4.90 Å². The fourth-order valence-corrected chi connectivity index (χ4v) is 2.63. The summed E-state index contributed by atoms with van der Waals surface area (Å²) in [5.74, 6) is 0. The van der Waals surface area contributed by atoms with Gasteiger partial charge in [-0.05, 0) is 11.4 Å². The van der Waals surface area contributed by atoms with Crippen molar-refractivity contribution in [1.29, 1.82) is 0 Å². The van der Waals surface area contributed by atoms with Gasteiger partial charge in [0.05, 0.1) is 12.0 Å². The van der Waals surface area contributed by atoms with Crippen LogP contribution >= 0.6 is 11.3 Å². The zero-order chi connectivity index (χ0) is 9.19. The van der Waals surface area contributed by atoms with Gasteiger partial charge in [0, 0.05) is 12.4 Å². The van der Waals surface area contributed by atoms with E-state index in [4.69, 9.17) is 0 Å². The van der Waals surface area contributed by atoms with Crippen molar-refractivity contribution in [3.8, 4) is 0 Å². The Morgan fingerprint density at radius 2 is 2.25 bits per heavy atom. The lowest BCUT2D eigenvalue weighted by atomic mass is 10.7. The second-order valence-electron chi connectivity index (χ2n) is 2.06. The molecule has 0 fully saturated rings. The molecule has 1 aromatic heterocycles. The third-order valence-electron chi connectivity index (χ3n) is 1.39. The van der Waals surface area contributed by atoms with Crippen LogP contribution in [0.3, 0.4) is 0 Å². The Morgan fingerprint density at radius 3 is 2.67 bits per heavy atom. The van der Waals surface area contributed by atoms with Crippen LogP contribution in [0.25, 0.3) is 0 Å². The quantitative estimate of drug-likeness (QED) is 0.693. The van der Waals surface area contributed by atoms with Crippen LogP contribution in [0.15, 0.2) is 21.7 Å². The molecule has 0 radical (unpaired) electrons. The van der Waals surface area contributed by atoms with Gasteiger partial charge in [-0.1, -0.05) is 4.47 Å². The average Bonchev–Trinajstić information content (AvgIpc) is 2.55. The molecule has 6 heteroatoms. The van der Waals surface area contributed by atoms with Gasteiger partial charge in [0.1, 0.15) is 0 Å². The molecule has 12 heavy (non-hydrogen) atoms. The highest BCUT2D eigenvalue weighted by molar-refractivity contribution is 7.89. The minimum Gasteiger partial charge on any atom is -0.288 e. The first-order valence-corrected chi connectivity index (χ1v) is 5.52. The van der Waals surface area contributed by atoms with E-state index >= 15 is 0 Å². The molecular weight excluding hydrogens is 198 g/mol. The molecule has 4 nitrogen and oxygen atoms in total. The third kappa shape index (κ3) is 1.66. The van der Waals surface area contributed by atoms with Gasteiger partial charge in [-0.2, -0.15) is 11.3 Å². The van der Waals surface area contributed by atoms with Gasteiger partial charge in [-0.15, -0.1) is 0 Å². The first kappa shape index (κ1) is 9.66. The summed E-state index contributed by atoms with van der Waals surface area (Å²) >= 11 is 1.33. The normalized spacial score (nSPS) is 12.2. The van der Waals surface area contributed by atoms with Crippen LogP contribution in [0.2, 0.25) is 0 Å². The van der Waals surface area contributed by atoms with E-state index in [-0.39, 0.29) is 4.90 Å². The van der Waals surface area contributed by atoms with Crippen molar-refractivity contribution in [3.63, 3.8) is 0 Å². The second kappa shape index (κ2) is 3.53. The molecule has 0 amide bonds. The molecule has 1 aromatic rings. The molecule has 0 aliphatic heterocycles. The number of rotatable bonds is 3. The van der Waals surface area contributed by atoms with Crippen LogP contribution in [-0.2, 0) is 14.9 Å². The summed E-state index contributed by atoms with van der Waals surface area (Å²) in [4.78, 5) is 4.85. The van der Waals surface area contributed by atoms with E-state index in [1.54, 1.807) is 10.8 Å². The topological polar surface area (TPSA) is 46.6 Å². The highest BCUT2D eigenvalue weighted by atomic mass is 32.2. The number of sulfonamides is 1. The Morgan fingerprint density at radius 1 is 1.58 bits per heavy atom. The van der Waals surface area contributed by atoms with Gasteiger partial charge in [0.2, 0.25) is 0 Å². The Balaban J connectivity index is 3.03. The average molecular weight is 207 g/mol. The second-order valence-corrected chi connectivity index (χ2v) is 4.77. The summed E-state index contributed by atoms with van der Waals surface area (Å²) in [6, 6.07) is 1.54. The number of hydrogen-bond donors (Lipinski definition) is 0. The molecule has 0 N–H and O–H groups in total. The Hall–Kier alpha value is -0.430. The summed E-state index contributed by atoms with van der Waals surface area (Å²) < 4.78 is 23.7. The molecule has 0 unspecified atom stereocenters. The van der Waals surface area contributed by atoms with Crippen LogP contribution in [0.1, 0.15) is 0 Å². The zero-order valence-electron chi connectivity index (χ0n) is 6.72. The van der Waals surface area contributed by atoms with Gasteiger partial charge < -0.3 is 0 Å². The number of thiophene rings is 1. The van der Waals surface area contributed by atoms with Crippen LogP contribution in [-0.4, -0.2) is 27.0 Å². The molecule has 0 atom stereocenters. The molecule has 0 aliphatic rings. The summed E-state index contributed by atoms with van der Waals surface area (Å²) in [6.07, 6.45) is 0. The van der Waals surface area contributed by atoms with E-state index in [9.17, 15) is 8.42 Å². The summed E-state index contributed by atoms with van der Waals surface area (Å²) in [6.45, 7) is 0. The van der Waals surface area contributed by atoms with Crippen LogP contribution in [0, 0.1) is 0 Å². The van der Waals surface area contributed by atoms with E-state index < -0.39 is 10.0 Å². The number of hydroxylamine groups is 1. The van der Waals surface area contributed by atoms with E-state index in [0.29, 0.717) is 0 Å². The summed E-state index contributed by atoms with van der Waals surface area (Å²) in [5, 5.41) is 3.27. The molecule has 0 saturated carbocycles. The van der Waals surface area contributed by atoms with Gasteiger partial charge in [0.25, 0.3) is 10.0 Å². The van der Waals surface area contributed by atoms with Crippen LogP contribution in [0.4, 0.5) is 0 Å².